The van der Waals surface area contributed by atoms with Gasteiger partial charge in [-0.05, 0) is 31.0 Å². The molecular weight excluding hydrogens is 366 g/mol. The van der Waals surface area contributed by atoms with Crippen molar-refractivity contribution < 1.29 is 9.84 Å². The Morgan fingerprint density at radius 2 is 1.93 bits per heavy atom. The number of hydrazone groups is 1. The second kappa shape index (κ2) is 10.1. The first-order valence-electron chi connectivity index (χ1n) is 9.52. The van der Waals surface area contributed by atoms with Crippen LogP contribution < -0.4 is 15.5 Å². The van der Waals surface area contributed by atoms with Gasteiger partial charge in [-0.25, -0.2) is 4.98 Å². The highest BCUT2D eigenvalue weighted by Gasteiger charge is 2.03. The number of rotatable bonds is 9. The predicted molar refractivity (Wildman–Crippen MR) is 116 cm³/mol. The Balaban J connectivity index is 1.62. The van der Waals surface area contributed by atoms with E-state index in [-0.39, 0.29) is 5.75 Å². The Labute approximate surface area is 170 Å². The van der Waals surface area contributed by atoms with Crippen LogP contribution in [0.15, 0.2) is 59.7 Å². The number of ether oxygens (including phenoxy) is 1. The minimum absolute atomic E-state index is 0.105. The minimum Gasteiger partial charge on any atom is -0.507 e. The van der Waals surface area contributed by atoms with Gasteiger partial charge in [0, 0.05) is 29.9 Å². The van der Waals surface area contributed by atoms with Gasteiger partial charge in [-0.15, -0.1) is 0 Å². The van der Waals surface area contributed by atoms with E-state index in [1.165, 1.54) is 6.21 Å². The van der Waals surface area contributed by atoms with Crippen LogP contribution in [0.3, 0.4) is 0 Å². The van der Waals surface area contributed by atoms with Crippen molar-refractivity contribution in [3.8, 4) is 11.5 Å². The van der Waals surface area contributed by atoms with E-state index in [1.807, 2.05) is 44.2 Å². The molecule has 0 spiro atoms. The van der Waals surface area contributed by atoms with Crippen LogP contribution in [0.1, 0.15) is 30.2 Å². The summed E-state index contributed by atoms with van der Waals surface area (Å²) in [4.78, 5) is 8.82. The molecular formula is C22H25N5O2. The molecule has 0 saturated heterocycles. The van der Waals surface area contributed by atoms with E-state index in [4.69, 9.17) is 4.74 Å². The molecule has 0 bridgehead atoms. The average molecular weight is 391 g/mol. The van der Waals surface area contributed by atoms with Gasteiger partial charge in [-0.2, -0.15) is 10.1 Å². The molecule has 0 amide bonds. The van der Waals surface area contributed by atoms with Gasteiger partial charge in [-0.3, -0.25) is 5.43 Å². The maximum Gasteiger partial charge on any atom is 0.225 e. The molecule has 29 heavy (non-hydrogen) atoms. The van der Waals surface area contributed by atoms with Crippen LogP contribution in [0.2, 0.25) is 0 Å². The number of hydrogen-bond donors (Lipinski definition) is 3. The molecule has 0 atom stereocenters. The fourth-order valence-corrected chi connectivity index (χ4v) is 2.59. The summed E-state index contributed by atoms with van der Waals surface area (Å²) >= 11 is 0. The molecule has 0 aliphatic rings. The maximum atomic E-state index is 10.1. The lowest BCUT2D eigenvalue weighted by molar-refractivity contribution is 0.315. The van der Waals surface area contributed by atoms with Gasteiger partial charge in [0.2, 0.25) is 5.95 Å². The molecule has 2 aromatic carbocycles. The molecule has 7 heteroatoms. The molecule has 0 aliphatic carbocycles. The summed E-state index contributed by atoms with van der Waals surface area (Å²) in [6.07, 6.45) is 2.45. The molecule has 150 valence electrons. The number of benzene rings is 2. The Bertz CT molecular complexity index is 961. The summed E-state index contributed by atoms with van der Waals surface area (Å²) in [6.45, 7) is 5.17. The fourth-order valence-electron chi connectivity index (χ4n) is 2.59. The van der Waals surface area contributed by atoms with Crippen molar-refractivity contribution >= 4 is 18.0 Å². The summed E-state index contributed by atoms with van der Waals surface area (Å²) < 4.78 is 5.50. The number of nitrogens with one attached hydrogen (secondary N) is 2. The lowest BCUT2D eigenvalue weighted by atomic mass is 10.2. The molecule has 0 fully saturated rings. The third-order valence-corrected chi connectivity index (χ3v) is 4.01. The molecule has 3 N–H and O–H groups in total. The van der Waals surface area contributed by atoms with Crippen molar-refractivity contribution in [3.05, 3.63) is 71.4 Å². The highest BCUT2D eigenvalue weighted by atomic mass is 16.5. The zero-order valence-corrected chi connectivity index (χ0v) is 16.6. The van der Waals surface area contributed by atoms with Gasteiger partial charge in [0.1, 0.15) is 11.5 Å². The van der Waals surface area contributed by atoms with Crippen molar-refractivity contribution in [1.29, 1.82) is 0 Å². The van der Waals surface area contributed by atoms with Gasteiger partial charge in [0.05, 0.1) is 12.8 Å². The van der Waals surface area contributed by atoms with E-state index in [2.05, 4.69) is 25.8 Å². The Morgan fingerprint density at radius 1 is 1.10 bits per heavy atom. The third-order valence-electron chi connectivity index (χ3n) is 4.01. The van der Waals surface area contributed by atoms with Crippen LogP contribution in [-0.4, -0.2) is 27.9 Å². The zero-order valence-electron chi connectivity index (χ0n) is 16.6. The molecule has 7 nitrogen and oxygen atoms in total. The van der Waals surface area contributed by atoms with Crippen molar-refractivity contribution in [3.63, 3.8) is 0 Å². The zero-order chi connectivity index (χ0) is 20.5. The van der Waals surface area contributed by atoms with Crippen molar-refractivity contribution in [1.82, 2.24) is 9.97 Å². The van der Waals surface area contributed by atoms with E-state index in [0.29, 0.717) is 36.2 Å². The SMILES string of the molecule is CCCOc1ccc(C=NNc2cc(C)nc(NCc3ccccc3)n2)c(O)c1. The highest BCUT2D eigenvalue weighted by Crippen LogP contribution is 2.22. The fraction of sp³-hybridized carbons (Fsp3) is 0.227. The summed E-state index contributed by atoms with van der Waals surface area (Å²) in [6, 6.07) is 17.0. The summed E-state index contributed by atoms with van der Waals surface area (Å²) in [5, 5.41) is 17.5. The molecule has 1 heterocycles. The Morgan fingerprint density at radius 3 is 2.69 bits per heavy atom. The standard InChI is InChI=1S/C22H25N5O2/c1-3-11-29-19-10-9-18(20(28)13-19)15-24-27-21-12-16(2)25-22(26-21)23-14-17-7-5-4-6-8-17/h4-10,12-13,15,28H,3,11,14H2,1-2H3,(H2,23,25,26,27). The number of hydrogen-bond acceptors (Lipinski definition) is 7. The second-order valence-corrected chi connectivity index (χ2v) is 6.50. The minimum atomic E-state index is 0.105. The van der Waals surface area contributed by atoms with Crippen LogP contribution >= 0.6 is 0 Å². The molecule has 0 aliphatic heterocycles. The lowest BCUT2D eigenvalue weighted by Gasteiger charge is -2.08. The molecule has 3 rings (SSSR count). The van der Waals surface area contributed by atoms with E-state index < -0.39 is 0 Å². The number of nitrogens with zero attached hydrogens (tertiary/aromatic N) is 3. The molecule has 0 saturated carbocycles. The smallest absolute Gasteiger partial charge is 0.225 e. The van der Waals surface area contributed by atoms with Crippen LogP contribution in [0.25, 0.3) is 0 Å². The summed E-state index contributed by atoms with van der Waals surface area (Å²) in [5.74, 6) is 1.82. The van der Waals surface area contributed by atoms with Gasteiger partial charge in [0.25, 0.3) is 0 Å². The number of phenols is 1. The first-order chi connectivity index (χ1) is 14.1. The summed E-state index contributed by atoms with van der Waals surface area (Å²) in [7, 11) is 0. The van der Waals surface area contributed by atoms with Crippen molar-refractivity contribution in [2.24, 2.45) is 5.10 Å². The van der Waals surface area contributed by atoms with Crippen LogP contribution in [0, 0.1) is 6.92 Å². The predicted octanol–water partition coefficient (Wildman–Crippen LogP) is 4.34. The van der Waals surface area contributed by atoms with Gasteiger partial charge >= 0.3 is 0 Å². The summed E-state index contributed by atoms with van der Waals surface area (Å²) in [5.41, 5.74) is 5.42. The Hall–Kier alpha value is -3.61. The second-order valence-electron chi connectivity index (χ2n) is 6.50. The highest BCUT2D eigenvalue weighted by molar-refractivity contribution is 5.84. The lowest BCUT2D eigenvalue weighted by Crippen LogP contribution is -2.06. The number of phenolic OH excluding ortho intramolecular Hbond substituents is 1. The Kier molecular flexibility index (Phi) is 7.00. The monoisotopic (exact) mass is 391 g/mol. The van der Waals surface area contributed by atoms with Gasteiger partial charge < -0.3 is 15.2 Å². The average Bonchev–Trinajstić information content (AvgIpc) is 2.72. The topological polar surface area (TPSA) is 91.7 Å². The quantitative estimate of drug-likeness (QED) is 0.371. The first kappa shape index (κ1) is 20.1. The van der Waals surface area contributed by atoms with Gasteiger partial charge in [-0.1, -0.05) is 37.3 Å². The van der Waals surface area contributed by atoms with Crippen LogP contribution in [0.4, 0.5) is 11.8 Å². The largest absolute Gasteiger partial charge is 0.507 e. The van der Waals surface area contributed by atoms with Gasteiger partial charge in [0.15, 0.2) is 5.82 Å². The molecule has 3 aromatic rings. The molecule has 0 radical (unpaired) electrons. The van der Waals surface area contributed by atoms with E-state index in [0.717, 1.165) is 17.7 Å². The first-order valence-corrected chi connectivity index (χ1v) is 9.52. The van der Waals surface area contributed by atoms with E-state index >= 15 is 0 Å². The van der Waals surface area contributed by atoms with E-state index in [1.54, 1.807) is 24.3 Å². The molecule has 0 unspecified atom stereocenters. The number of anilines is 2. The van der Waals surface area contributed by atoms with Crippen molar-refractivity contribution in [2.75, 3.05) is 17.3 Å². The van der Waals surface area contributed by atoms with Crippen LogP contribution in [-0.2, 0) is 6.54 Å². The number of aromatic hydroxyl groups is 1. The van der Waals surface area contributed by atoms with E-state index in [9.17, 15) is 5.11 Å². The van der Waals surface area contributed by atoms with Crippen molar-refractivity contribution in [2.45, 2.75) is 26.8 Å². The maximum absolute atomic E-state index is 10.1. The number of aryl methyl sites for hydroxylation is 1. The normalized spacial score (nSPS) is 10.8. The third kappa shape index (κ3) is 6.21. The van der Waals surface area contributed by atoms with Crippen LogP contribution in [0.5, 0.6) is 11.5 Å². The molecule has 1 aromatic heterocycles. The number of aromatic nitrogens is 2.